The van der Waals surface area contributed by atoms with Crippen LogP contribution in [0.5, 0.6) is 0 Å². The Balaban J connectivity index is 2.50. The predicted octanol–water partition coefficient (Wildman–Crippen LogP) is 1.15. The minimum absolute atomic E-state index is 0.326. The SMILES string of the molecule is Cc1cccc(N(C)c2cc(=O)n(C)c(=O)[nH]2)c1. The topological polar surface area (TPSA) is 58.1 Å². The zero-order chi connectivity index (χ0) is 13.3. The number of hydrogen-bond acceptors (Lipinski definition) is 3. The molecule has 1 aromatic carbocycles. The number of H-pyrrole nitrogens is 1. The highest BCUT2D eigenvalue weighted by Gasteiger charge is 2.07. The maximum absolute atomic E-state index is 11.6. The molecule has 0 unspecified atom stereocenters. The van der Waals surface area contributed by atoms with E-state index in [1.807, 2.05) is 31.2 Å². The van der Waals surface area contributed by atoms with Gasteiger partial charge in [0.05, 0.1) is 0 Å². The number of benzene rings is 1. The highest BCUT2D eigenvalue weighted by Crippen LogP contribution is 2.20. The van der Waals surface area contributed by atoms with Crippen LogP contribution in [0.25, 0.3) is 0 Å². The van der Waals surface area contributed by atoms with Gasteiger partial charge in [0.1, 0.15) is 5.82 Å². The molecule has 0 aliphatic rings. The Hall–Kier alpha value is -2.30. The van der Waals surface area contributed by atoms with E-state index in [4.69, 9.17) is 0 Å². The molecule has 1 heterocycles. The van der Waals surface area contributed by atoms with Crippen LogP contribution in [0.3, 0.4) is 0 Å². The second kappa shape index (κ2) is 4.52. The molecule has 0 aliphatic carbocycles. The summed E-state index contributed by atoms with van der Waals surface area (Å²) >= 11 is 0. The number of nitrogens with one attached hydrogen (secondary N) is 1. The molecule has 0 spiro atoms. The van der Waals surface area contributed by atoms with Crippen molar-refractivity contribution in [3.63, 3.8) is 0 Å². The van der Waals surface area contributed by atoms with E-state index < -0.39 is 5.69 Å². The molecule has 0 bridgehead atoms. The second-order valence-corrected chi connectivity index (χ2v) is 4.26. The number of hydrogen-bond donors (Lipinski definition) is 1. The van der Waals surface area contributed by atoms with E-state index in [1.54, 1.807) is 11.9 Å². The summed E-state index contributed by atoms with van der Waals surface area (Å²) in [5, 5.41) is 0. The van der Waals surface area contributed by atoms with Crippen molar-refractivity contribution in [1.82, 2.24) is 9.55 Å². The minimum atomic E-state index is -0.419. The fraction of sp³-hybridized carbons (Fsp3) is 0.231. The smallest absolute Gasteiger partial charge is 0.329 e. The van der Waals surface area contributed by atoms with Crippen LogP contribution in [-0.2, 0) is 7.05 Å². The van der Waals surface area contributed by atoms with Crippen LogP contribution in [0, 0.1) is 6.92 Å². The van der Waals surface area contributed by atoms with Crippen LogP contribution in [0.4, 0.5) is 11.5 Å². The van der Waals surface area contributed by atoms with Crippen molar-refractivity contribution in [2.45, 2.75) is 6.92 Å². The van der Waals surface area contributed by atoms with Gasteiger partial charge in [-0.3, -0.25) is 14.3 Å². The standard InChI is InChI=1S/C13H15N3O2/c1-9-5-4-6-10(7-9)15(2)11-8-12(17)16(3)13(18)14-11/h4-8H,1-3H3,(H,14,18). The van der Waals surface area contributed by atoms with Crippen LogP contribution in [0.1, 0.15) is 5.56 Å². The number of rotatable bonds is 2. The lowest BCUT2D eigenvalue weighted by Crippen LogP contribution is -2.33. The maximum Gasteiger partial charge on any atom is 0.329 e. The third kappa shape index (κ3) is 2.20. The zero-order valence-corrected chi connectivity index (χ0v) is 10.6. The molecular formula is C13H15N3O2. The first kappa shape index (κ1) is 12.2. The van der Waals surface area contributed by atoms with Crippen molar-refractivity contribution in [2.75, 3.05) is 11.9 Å². The molecule has 18 heavy (non-hydrogen) atoms. The van der Waals surface area contributed by atoms with E-state index in [9.17, 15) is 9.59 Å². The molecule has 5 nitrogen and oxygen atoms in total. The van der Waals surface area contributed by atoms with Crippen LogP contribution in [0.2, 0.25) is 0 Å². The van der Waals surface area contributed by atoms with Gasteiger partial charge >= 0.3 is 5.69 Å². The normalized spacial score (nSPS) is 10.4. The first-order chi connectivity index (χ1) is 8.49. The van der Waals surface area contributed by atoms with Crippen molar-refractivity contribution >= 4 is 11.5 Å². The van der Waals surface area contributed by atoms with Gasteiger partial charge in [0.15, 0.2) is 0 Å². The summed E-state index contributed by atoms with van der Waals surface area (Å²) in [5.41, 5.74) is 1.29. The lowest BCUT2D eigenvalue weighted by Gasteiger charge is -2.19. The number of anilines is 2. The molecule has 2 rings (SSSR count). The molecule has 1 N–H and O–H groups in total. The number of nitrogens with zero attached hydrogens (tertiary/aromatic N) is 2. The van der Waals surface area contributed by atoms with Gasteiger partial charge < -0.3 is 4.90 Å². The van der Waals surface area contributed by atoms with E-state index in [0.717, 1.165) is 15.8 Å². The summed E-state index contributed by atoms with van der Waals surface area (Å²) in [5.74, 6) is 0.480. The number of aromatic nitrogens is 2. The molecule has 0 saturated heterocycles. The summed E-state index contributed by atoms with van der Waals surface area (Å²) < 4.78 is 1.04. The fourth-order valence-corrected chi connectivity index (χ4v) is 1.70. The van der Waals surface area contributed by atoms with Gasteiger partial charge in [0.25, 0.3) is 5.56 Å². The molecule has 5 heteroatoms. The lowest BCUT2D eigenvalue weighted by molar-refractivity contribution is 0.773. The van der Waals surface area contributed by atoms with Crippen molar-refractivity contribution < 1.29 is 0 Å². The van der Waals surface area contributed by atoms with Gasteiger partial charge in [-0.1, -0.05) is 12.1 Å². The molecule has 0 amide bonds. The van der Waals surface area contributed by atoms with Crippen LogP contribution >= 0.6 is 0 Å². The van der Waals surface area contributed by atoms with E-state index in [0.29, 0.717) is 5.82 Å². The third-order valence-corrected chi connectivity index (χ3v) is 2.88. The molecule has 0 fully saturated rings. The quantitative estimate of drug-likeness (QED) is 0.863. The molecule has 2 aromatic rings. The Morgan fingerprint density at radius 3 is 2.56 bits per heavy atom. The predicted molar refractivity (Wildman–Crippen MR) is 71.5 cm³/mol. The summed E-state index contributed by atoms with van der Waals surface area (Å²) in [7, 11) is 3.25. The number of aryl methyl sites for hydroxylation is 1. The molecule has 0 radical (unpaired) electrons. The van der Waals surface area contributed by atoms with Crippen molar-refractivity contribution in [3.8, 4) is 0 Å². The number of aromatic amines is 1. The van der Waals surface area contributed by atoms with Gasteiger partial charge in [-0.15, -0.1) is 0 Å². The average Bonchev–Trinajstić information content (AvgIpc) is 2.34. The monoisotopic (exact) mass is 245 g/mol. The van der Waals surface area contributed by atoms with E-state index in [2.05, 4.69) is 4.98 Å². The first-order valence-corrected chi connectivity index (χ1v) is 5.60. The average molecular weight is 245 g/mol. The van der Waals surface area contributed by atoms with Crippen LogP contribution < -0.4 is 16.1 Å². The first-order valence-electron chi connectivity index (χ1n) is 5.60. The van der Waals surface area contributed by atoms with Crippen molar-refractivity contribution in [2.24, 2.45) is 7.05 Å². The minimum Gasteiger partial charge on any atom is -0.331 e. The van der Waals surface area contributed by atoms with Crippen LogP contribution in [-0.4, -0.2) is 16.6 Å². The highest BCUT2D eigenvalue weighted by atomic mass is 16.2. The highest BCUT2D eigenvalue weighted by molar-refractivity contribution is 5.59. The van der Waals surface area contributed by atoms with Gasteiger partial charge in [0, 0.05) is 25.8 Å². The Morgan fingerprint density at radius 1 is 1.22 bits per heavy atom. The van der Waals surface area contributed by atoms with Gasteiger partial charge in [-0.05, 0) is 24.6 Å². The van der Waals surface area contributed by atoms with Crippen molar-refractivity contribution in [3.05, 3.63) is 56.7 Å². The Kier molecular flexibility index (Phi) is 3.06. The summed E-state index contributed by atoms with van der Waals surface area (Å²) in [6, 6.07) is 9.23. The zero-order valence-electron chi connectivity index (χ0n) is 10.6. The van der Waals surface area contributed by atoms with E-state index in [1.165, 1.54) is 13.1 Å². The third-order valence-electron chi connectivity index (χ3n) is 2.88. The molecule has 0 saturated carbocycles. The summed E-state index contributed by atoms with van der Waals surface area (Å²) in [4.78, 5) is 27.6. The molecule has 0 atom stereocenters. The second-order valence-electron chi connectivity index (χ2n) is 4.26. The molecular weight excluding hydrogens is 230 g/mol. The summed E-state index contributed by atoms with van der Waals surface area (Å²) in [6.45, 7) is 1.99. The Labute approximate surface area is 104 Å². The van der Waals surface area contributed by atoms with Crippen molar-refractivity contribution in [1.29, 1.82) is 0 Å². The van der Waals surface area contributed by atoms with Crippen LogP contribution in [0.15, 0.2) is 39.9 Å². The van der Waals surface area contributed by atoms with E-state index >= 15 is 0 Å². The van der Waals surface area contributed by atoms with E-state index in [-0.39, 0.29) is 5.56 Å². The molecule has 1 aromatic heterocycles. The van der Waals surface area contributed by atoms with Gasteiger partial charge in [-0.25, -0.2) is 4.79 Å². The molecule has 0 aliphatic heterocycles. The maximum atomic E-state index is 11.6. The van der Waals surface area contributed by atoms with Gasteiger partial charge in [-0.2, -0.15) is 0 Å². The summed E-state index contributed by atoms with van der Waals surface area (Å²) in [6.07, 6.45) is 0. The Morgan fingerprint density at radius 2 is 1.94 bits per heavy atom. The fourth-order valence-electron chi connectivity index (χ4n) is 1.70. The largest absolute Gasteiger partial charge is 0.331 e. The van der Waals surface area contributed by atoms with Gasteiger partial charge in [0.2, 0.25) is 0 Å². The lowest BCUT2D eigenvalue weighted by atomic mass is 10.2. The molecule has 94 valence electrons. The Bertz CT molecular complexity index is 654.